The molecule has 0 saturated carbocycles. The lowest BCUT2D eigenvalue weighted by atomic mass is 10.3. The van der Waals surface area contributed by atoms with Gasteiger partial charge in [0.1, 0.15) is 4.90 Å². The lowest BCUT2D eigenvalue weighted by Crippen LogP contribution is -2.15. The first-order chi connectivity index (χ1) is 6.75. The number of benzene rings is 1. The van der Waals surface area contributed by atoms with E-state index in [1.54, 1.807) is 0 Å². The highest BCUT2D eigenvalue weighted by molar-refractivity contribution is 7.86. The van der Waals surface area contributed by atoms with Crippen LogP contribution in [0.1, 0.15) is 0 Å². The molecule has 0 aliphatic rings. The molecule has 1 aromatic rings. The lowest BCUT2D eigenvalue weighted by molar-refractivity contribution is 0.502. The zero-order valence-corrected chi connectivity index (χ0v) is 8.78. The largest absolute Gasteiger partial charge is 0.374 e. The summed E-state index contributed by atoms with van der Waals surface area (Å²) in [5.74, 6) is -2.62. The van der Waals surface area contributed by atoms with Crippen molar-refractivity contribution in [1.29, 1.82) is 0 Å². The van der Waals surface area contributed by atoms with Crippen LogP contribution < -0.4 is 4.90 Å². The summed E-state index contributed by atoms with van der Waals surface area (Å²) in [6, 6.07) is 1.25. The molecule has 0 radical (unpaired) electrons. The fraction of sp³-hybridized carbons (Fsp3) is 0.250. The number of halogens is 3. The van der Waals surface area contributed by atoms with Crippen molar-refractivity contribution in [3.05, 3.63) is 23.8 Å². The number of hydrogen-bond donors (Lipinski definition) is 0. The van der Waals surface area contributed by atoms with Crippen LogP contribution in [0.25, 0.3) is 0 Å². The molecule has 7 heteroatoms. The molecule has 0 spiro atoms. The third-order valence-corrected chi connectivity index (χ3v) is 2.60. The van der Waals surface area contributed by atoms with Gasteiger partial charge in [0, 0.05) is 14.1 Å². The monoisotopic (exact) mass is 239 g/mol. The van der Waals surface area contributed by atoms with Crippen LogP contribution >= 0.6 is 0 Å². The molecule has 1 rings (SSSR count). The molecule has 0 amide bonds. The summed E-state index contributed by atoms with van der Waals surface area (Å²) in [6.07, 6.45) is 0. The first-order valence-corrected chi connectivity index (χ1v) is 5.23. The second kappa shape index (κ2) is 3.73. The van der Waals surface area contributed by atoms with E-state index in [1.165, 1.54) is 14.1 Å². The molecule has 3 nitrogen and oxygen atoms in total. The van der Waals surface area contributed by atoms with E-state index in [9.17, 15) is 21.1 Å². The average molecular weight is 239 g/mol. The van der Waals surface area contributed by atoms with Crippen molar-refractivity contribution >= 4 is 15.9 Å². The fourth-order valence-corrected chi connectivity index (χ4v) is 1.87. The molecule has 0 aliphatic heterocycles. The average Bonchev–Trinajstić information content (AvgIpc) is 2.06. The SMILES string of the molecule is CN(C)c1c(S(=O)(=O)F)ccc(F)c1F. The summed E-state index contributed by atoms with van der Waals surface area (Å²) in [4.78, 5) is 0.108. The Bertz CT molecular complexity index is 485. The van der Waals surface area contributed by atoms with Crippen molar-refractivity contribution in [3.63, 3.8) is 0 Å². The van der Waals surface area contributed by atoms with Gasteiger partial charge in [-0.2, -0.15) is 8.42 Å². The van der Waals surface area contributed by atoms with Crippen molar-refractivity contribution in [2.45, 2.75) is 4.90 Å². The van der Waals surface area contributed by atoms with Gasteiger partial charge in [-0.1, -0.05) is 0 Å². The minimum absolute atomic E-state index is 0.564. The number of nitrogens with zero attached hydrogens (tertiary/aromatic N) is 1. The third-order valence-electron chi connectivity index (χ3n) is 1.74. The van der Waals surface area contributed by atoms with Gasteiger partial charge in [0.25, 0.3) is 0 Å². The summed E-state index contributed by atoms with van der Waals surface area (Å²) >= 11 is 0. The maximum absolute atomic E-state index is 13.2. The van der Waals surface area contributed by atoms with Crippen LogP contribution in [0, 0.1) is 11.6 Å². The number of anilines is 1. The van der Waals surface area contributed by atoms with Crippen LogP contribution in [0.15, 0.2) is 17.0 Å². The van der Waals surface area contributed by atoms with Gasteiger partial charge in [-0.3, -0.25) is 0 Å². The highest BCUT2D eigenvalue weighted by Gasteiger charge is 2.24. The van der Waals surface area contributed by atoms with E-state index < -0.39 is 32.4 Å². The Hall–Kier alpha value is -1.24. The molecule has 0 heterocycles. The minimum atomic E-state index is -5.07. The molecule has 0 aliphatic carbocycles. The van der Waals surface area contributed by atoms with Crippen LogP contribution in [0.2, 0.25) is 0 Å². The molecular formula is C8H8F3NO2S. The minimum Gasteiger partial charge on any atom is -0.374 e. The molecule has 0 fully saturated rings. The molecule has 1 aromatic carbocycles. The predicted molar refractivity (Wildman–Crippen MR) is 49.0 cm³/mol. The Kier molecular flexibility index (Phi) is 2.94. The van der Waals surface area contributed by atoms with E-state index in [2.05, 4.69) is 0 Å². The Morgan fingerprint density at radius 2 is 1.73 bits per heavy atom. The van der Waals surface area contributed by atoms with E-state index in [4.69, 9.17) is 0 Å². The Morgan fingerprint density at radius 1 is 1.20 bits per heavy atom. The van der Waals surface area contributed by atoms with E-state index in [1.807, 2.05) is 0 Å². The maximum Gasteiger partial charge on any atom is 0.334 e. The topological polar surface area (TPSA) is 37.4 Å². The van der Waals surface area contributed by atoms with Crippen LogP contribution in [-0.4, -0.2) is 22.5 Å². The Morgan fingerprint density at radius 3 is 2.13 bits per heavy atom. The molecule has 0 aromatic heterocycles. The molecule has 0 N–H and O–H groups in total. The molecule has 0 unspecified atom stereocenters. The third kappa shape index (κ3) is 2.23. The smallest absolute Gasteiger partial charge is 0.334 e. The Balaban J connectivity index is 3.62. The number of hydrogen-bond acceptors (Lipinski definition) is 3. The van der Waals surface area contributed by atoms with Crippen LogP contribution in [0.5, 0.6) is 0 Å². The first kappa shape index (κ1) is 11.8. The second-order valence-corrected chi connectivity index (χ2v) is 4.36. The van der Waals surface area contributed by atoms with Crippen LogP contribution in [-0.2, 0) is 10.2 Å². The van der Waals surface area contributed by atoms with Crippen molar-refractivity contribution in [2.24, 2.45) is 0 Å². The predicted octanol–water partition coefficient (Wildman–Crippen LogP) is 1.69. The van der Waals surface area contributed by atoms with Crippen molar-refractivity contribution in [3.8, 4) is 0 Å². The van der Waals surface area contributed by atoms with E-state index in [0.29, 0.717) is 12.1 Å². The van der Waals surface area contributed by atoms with Gasteiger partial charge in [0.05, 0.1) is 5.69 Å². The summed E-state index contributed by atoms with van der Waals surface area (Å²) in [6.45, 7) is 0. The van der Waals surface area contributed by atoms with Gasteiger partial charge in [0.15, 0.2) is 11.6 Å². The van der Waals surface area contributed by atoms with Crippen LogP contribution in [0.4, 0.5) is 18.4 Å². The zero-order chi connectivity index (χ0) is 11.8. The second-order valence-electron chi connectivity index (χ2n) is 3.04. The van der Waals surface area contributed by atoms with Gasteiger partial charge in [0.2, 0.25) is 0 Å². The van der Waals surface area contributed by atoms with Crippen molar-refractivity contribution in [2.75, 3.05) is 19.0 Å². The number of rotatable bonds is 2. The standard InChI is InChI=1S/C8H8F3NO2S/c1-12(2)8-6(15(11,13)14)4-3-5(9)7(8)10/h3-4H,1-2H3. The fourth-order valence-electron chi connectivity index (χ4n) is 1.14. The summed E-state index contributed by atoms with van der Waals surface area (Å²) < 4.78 is 60.0. The normalized spacial score (nSPS) is 11.5. The molecule has 0 atom stereocenters. The summed E-state index contributed by atoms with van der Waals surface area (Å²) in [7, 11) is -2.50. The van der Waals surface area contributed by atoms with Crippen molar-refractivity contribution in [1.82, 2.24) is 0 Å². The molecular weight excluding hydrogens is 231 g/mol. The highest BCUT2D eigenvalue weighted by atomic mass is 32.3. The zero-order valence-electron chi connectivity index (χ0n) is 7.96. The lowest BCUT2D eigenvalue weighted by Gasteiger charge is -2.16. The van der Waals surface area contributed by atoms with Gasteiger partial charge < -0.3 is 4.90 Å². The van der Waals surface area contributed by atoms with Crippen molar-refractivity contribution < 1.29 is 21.1 Å². The summed E-state index contributed by atoms with van der Waals surface area (Å²) in [5, 5.41) is 0. The molecule has 84 valence electrons. The van der Waals surface area contributed by atoms with E-state index in [-0.39, 0.29) is 0 Å². The van der Waals surface area contributed by atoms with Gasteiger partial charge in [-0.15, -0.1) is 3.89 Å². The maximum atomic E-state index is 13.2. The van der Waals surface area contributed by atoms with Crippen LogP contribution in [0.3, 0.4) is 0 Å². The Labute approximate surface area is 85.3 Å². The molecule has 0 saturated heterocycles. The van der Waals surface area contributed by atoms with E-state index in [0.717, 1.165) is 4.90 Å². The summed E-state index contributed by atoms with van der Waals surface area (Å²) in [5.41, 5.74) is -0.627. The first-order valence-electron chi connectivity index (χ1n) is 3.85. The quantitative estimate of drug-likeness (QED) is 0.737. The van der Waals surface area contributed by atoms with E-state index >= 15 is 0 Å². The molecule has 0 bridgehead atoms. The molecule has 15 heavy (non-hydrogen) atoms. The van der Waals surface area contributed by atoms with Gasteiger partial charge in [-0.05, 0) is 12.1 Å². The highest BCUT2D eigenvalue weighted by Crippen LogP contribution is 2.29. The van der Waals surface area contributed by atoms with Gasteiger partial charge >= 0.3 is 10.2 Å². The van der Waals surface area contributed by atoms with Gasteiger partial charge in [-0.25, -0.2) is 8.78 Å².